The number of pyridine rings is 1. The van der Waals surface area contributed by atoms with Gasteiger partial charge in [0.25, 0.3) is 0 Å². The van der Waals surface area contributed by atoms with Crippen LogP contribution in [0.2, 0.25) is 9.88 Å². The van der Waals surface area contributed by atoms with Gasteiger partial charge in [-0.2, -0.15) is 0 Å². The summed E-state index contributed by atoms with van der Waals surface area (Å²) in [7, 11) is 0. The van der Waals surface area contributed by atoms with Crippen molar-refractivity contribution in [2.24, 2.45) is 9.98 Å². The fraction of sp³-hybridized carbons (Fsp3) is 0.240. The van der Waals surface area contributed by atoms with E-state index in [-0.39, 0.29) is 32.6 Å². The molecule has 0 fully saturated rings. The van der Waals surface area contributed by atoms with Crippen molar-refractivity contribution in [3.63, 3.8) is 0 Å². The van der Waals surface area contributed by atoms with Crippen molar-refractivity contribution >= 4 is 43.9 Å². The quantitative estimate of drug-likeness (QED) is 0.362. The zero-order valence-corrected chi connectivity index (χ0v) is 21.7. The molecular formula is C25H27N3O2Sn. The van der Waals surface area contributed by atoms with Crippen molar-refractivity contribution in [1.29, 1.82) is 0 Å². The fourth-order valence-corrected chi connectivity index (χ4v) is 2.74. The van der Waals surface area contributed by atoms with Crippen LogP contribution in [-0.2, 0) is 0 Å². The van der Waals surface area contributed by atoms with Crippen LogP contribution in [0.4, 0.5) is 11.4 Å². The summed E-state index contributed by atoms with van der Waals surface area (Å²) in [6.07, 6.45) is 0. The van der Waals surface area contributed by atoms with Gasteiger partial charge in [0.1, 0.15) is 0 Å². The van der Waals surface area contributed by atoms with Gasteiger partial charge >= 0.3 is 31.0 Å². The average molecular weight is 520 g/mol. The molecule has 0 amide bonds. The molecule has 31 heavy (non-hydrogen) atoms. The molecule has 0 aliphatic heterocycles. The van der Waals surface area contributed by atoms with Gasteiger partial charge in [0, 0.05) is 0 Å². The predicted octanol–water partition coefficient (Wildman–Crippen LogP) is 4.91. The molecular weight excluding hydrogens is 493 g/mol. The van der Waals surface area contributed by atoms with Crippen LogP contribution in [0.15, 0.2) is 64.6 Å². The van der Waals surface area contributed by atoms with Crippen LogP contribution < -0.4 is 10.2 Å². The summed E-state index contributed by atoms with van der Waals surface area (Å²) in [5, 5.41) is 24.0. The molecule has 3 aromatic rings. The molecule has 5 nitrogen and oxygen atoms in total. The zero-order chi connectivity index (χ0) is 23.0. The summed E-state index contributed by atoms with van der Waals surface area (Å²) >= 11 is 0.230. The van der Waals surface area contributed by atoms with Crippen LogP contribution in [-0.4, -0.2) is 37.5 Å². The first-order valence-corrected chi connectivity index (χ1v) is 15.7. The second-order valence-corrected chi connectivity index (χ2v) is 10.1. The molecule has 0 spiro atoms. The van der Waals surface area contributed by atoms with Crippen molar-refractivity contribution in [1.82, 2.24) is 4.98 Å². The number of nitrogens with zero attached hydrogens (tertiary/aromatic N) is 3. The van der Waals surface area contributed by atoms with E-state index in [4.69, 9.17) is 0 Å². The van der Waals surface area contributed by atoms with Crippen molar-refractivity contribution in [3.8, 4) is 11.5 Å². The normalized spacial score (nSPS) is 11.4. The standard InChI is InChI=1S/C23H23N3O2.2CH3.Sn/c1-14-8-10-22(27)20(12-14)24-16(3)18-6-5-7-19(26-18)17(4)25-21-13-15(2)9-11-23(21)28;;;/h5-13,27-28H,1-4H3;2*1H3;/q;;;+2/p-2. The number of hydrogen-bond donors (Lipinski definition) is 0. The van der Waals surface area contributed by atoms with E-state index >= 15 is 0 Å². The van der Waals surface area contributed by atoms with Gasteiger partial charge in [-0.05, 0) is 63.1 Å². The van der Waals surface area contributed by atoms with Crippen molar-refractivity contribution < 1.29 is 10.2 Å². The van der Waals surface area contributed by atoms with E-state index in [1.807, 2.05) is 45.9 Å². The Morgan fingerprint density at radius 2 is 1.13 bits per heavy atom. The van der Waals surface area contributed by atoms with Crippen molar-refractivity contribution in [2.45, 2.75) is 37.6 Å². The average Bonchev–Trinajstić information content (AvgIpc) is 2.74. The Balaban J connectivity index is 0.00000107. The van der Waals surface area contributed by atoms with Gasteiger partial charge < -0.3 is 10.2 Å². The third-order valence-electron chi connectivity index (χ3n) is 4.30. The first-order chi connectivity index (χ1) is 14.7. The van der Waals surface area contributed by atoms with E-state index in [9.17, 15) is 10.2 Å². The van der Waals surface area contributed by atoms with Gasteiger partial charge in [0.05, 0.1) is 34.2 Å². The summed E-state index contributed by atoms with van der Waals surface area (Å²) in [5.74, 6) is -0.248. The molecule has 0 atom stereocenters. The summed E-state index contributed by atoms with van der Waals surface area (Å²) < 4.78 is 0. The molecule has 0 bridgehead atoms. The summed E-state index contributed by atoms with van der Waals surface area (Å²) in [6, 6.07) is 15.6. The Morgan fingerprint density at radius 1 is 0.742 bits per heavy atom. The van der Waals surface area contributed by atoms with Crippen molar-refractivity contribution in [3.05, 3.63) is 77.1 Å². The van der Waals surface area contributed by atoms with E-state index in [1.54, 1.807) is 24.3 Å². The molecule has 6 heteroatoms. The van der Waals surface area contributed by atoms with Gasteiger partial charge in [-0.15, -0.1) is 0 Å². The predicted molar refractivity (Wildman–Crippen MR) is 127 cm³/mol. The van der Waals surface area contributed by atoms with E-state index in [1.165, 1.54) is 12.1 Å². The Bertz CT molecular complexity index is 1020. The molecule has 0 aliphatic rings. The molecule has 158 valence electrons. The molecule has 2 aromatic carbocycles. The maximum atomic E-state index is 12.0. The minimum absolute atomic E-state index is 0.124. The van der Waals surface area contributed by atoms with E-state index in [0.29, 0.717) is 34.2 Å². The Morgan fingerprint density at radius 3 is 1.52 bits per heavy atom. The number of aryl methyl sites for hydroxylation is 2. The van der Waals surface area contributed by atoms with Gasteiger partial charge in [-0.3, -0.25) is 9.98 Å². The SMILES string of the molecule is CC(=Nc1cc(C)ccc1[O-])c1cccc(C(C)=Nc2cc(C)ccc2[O-])n1.[CH3][Sn+2][CH3]. The molecule has 0 aliphatic carbocycles. The molecule has 0 N–H and O–H groups in total. The van der Waals surface area contributed by atoms with Gasteiger partial charge in [0.15, 0.2) is 0 Å². The molecule has 3 rings (SSSR count). The van der Waals surface area contributed by atoms with Gasteiger partial charge in [-0.1, -0.05) is 41.8 Å². The third-order valence-corrected chi connectivity index (χ3v) is 4.30. The van der Waals surface area contributed by atoms with Crippen LogP contribution in [0.5, 0.6) is 11.5 Å². The minimum atomic E-state index is -0.124. The zero-order valence-electron chi connectivity index (χ0n) is 18.9. The van der Waals surface area contributed by atoms with Gasteiger partial charge in [0.2, 0.25) is 0 Å². The molecule has 0 saturated heterocycles. The Hall–Kier alpha value is -2.67. The second-order valence-electron chi connectivity index (χ2n) is 7.24. The van der Waals surface area contributed by atoms with E-state index in [2.05, 4.69) is 24.8 Å². The first kappa shape index (κ1) is 24.6. The van der Waals surface area contributed by atoms with Crippen LogP contribution in [0.1, 0.15) is 36.4 Å². The monoisotopic (exact) mass is 521 g/mol. The topological polar surface area (TPSA) is 83.7 Å². The molecule has 0 saturated carbocycles. The van der Waals surface area contributed by atoms with Crippen LogP contribution in [0.3, 0.4) is 0 Å². The van der Waals surface area contributed by atoms with E-state index in [0.717, 1.165) is 11.1 Å². The maximum absolute atomic E-state index is 12.0. The molecule has 1 aromatic heterocycles. The summed E-state index contributed by atoms with van der Waals surface area (Å²) in [5.41, 5.74) is 5.32. The number of hydrogen-bond acceptors (Lipinski definition) is 5. The Kier molecular flexibility index (Phi) is 9.24. The first-order valence-electron chi connectivity index (χ1n) is 9.97. The second kappa shape index (κ2) is 11.6. The molecule has 1 heterocycles. The number of benzene rings is 2. The summed E-state index contributed by atoms with van der Waals surface area (Å²) in [6.45, 7) is 7.47. The molecule has 0 unspecified atom stereocenters. The molecule has 0 radical (unpaired) electrons. The van der Waals surface area contributed by atoms with Crippen LogP contribution in [0, 0.1) is 13.8 Å². The van der Waals surface area contributed by atoms with Gasteiger partial charge in [-0.25, -0.2) is 4.98 Å². The van der Waals surface area contributed by atoms with E-state index < -0.39 is 0 Å². The van der Waals surface area contributed by atoms with Crippen molar-refractivity contribution in [2.75, 3.05) is 0 Å². The fourth-order valence-electron chi connectivity index (χ4n) is 2.74. The van der Waals surface area contributed by atoms with Crippen LogP contribution >= 0.6 is 0 Å². The Labute approximate surface area is 194 Å². The van der Waals surface area contributed by atoms with Crippen LogP contribution in [0.25, 0.3) is 0 Å². The summed E-state index contributed by atoms with van der Waals surface area (Å²) in [4.78, 5) is 18.1. The number of aromatic nitrogens is 1. The number of rotatable bonds is 4. The third kappa shape index (κ3) is 7.21. The number of aliphatic imine (C=N–C) groups is 2.